The fraction of sp³-hybridized carbons (Fsp3) is 0.358. The van der Waals surface area contributed by atoms with Crippen molar-refractivity contribution in [1.29, 1.82) is 0 Å². The topological polar surface area (TPSA) is 104 Å². The third kappa shape index (κ3) is 13.5. The number of amidine groups is 1. The number of aliphatic imine (C=N–C) groups is 1. The maximum absolute atomic E-state index is 7.00. The Bertz CT molecular complexity index is 2400. The quantitative estimate of drug-likeness (QED) is 0.0733. The van der Waals surface area contributed by atoms with E-state index in [-0.39, 0.29) is 32.7 Å². The second kappa shape index (κ2) is 23.8. The third-order valence-electron chi connectivity index (χ3n) is 11.3. The number of nitrogens with zero attached hydrogens (tertiary/aromatic N) is 8. The first-order valence-corrected chi connectivity index (χ1v) is 22.6. The molecule has 3 heterocycles. The first-order valence-electron chi connectivity index (χ1n) is 22.6. The summed E-state index contributed by atoms with van der Waals surface area (Å²) in [6.45, 7) is 30.3. The van der Waals surface area contributed by atoms with Crippen molar-refractivity contribution in [1.82, 2.24) is 29.1 Å². The molecule has 1 N–H and O–H groups in total. The summed E-state index contributed by atoms with van der Waals surface area (Å²) < 4.78 is 6.19. The average Bonchev–Trinajstić information content (AvgIpc) is 3.87. The molecule has 64 heavy (non-hydrogen) atoms. The Kier molecular flexibility index (Phi) is 19.1. The summed E-state index contributed by atoms with van der Waals surface area (Å²) in [4.78, 5) is 5.34. The summed E-state index contributed by atoms with van der Waals surface area (Å²) in [5, 5.41) is 19.4. The van der Waals surface area contributed by atoms with Crippen molar-refractivity contribution >= 4 is 30.0 Å². The average molecular weight is 932 g/mol. The van der Waals surface area contributed by atoms with Crippen molar-refractivity contribution < 1.29 is 32.7 Å². The normalized spacial score (nSPS) is 11.5. The molecule has 0 radical (unpaired) electrons. The van der Waals surface area contributed by atoms with Crippen LogP contribution in [0.3, 0.4) is 0 Å². The first-order chi connectivity index (χ1) is 29.9. The van der Waals surface area contributed by atoms with E-state index in [4.69, 9.17) is 31.3 Å². The van der Waals surface area contributed by atoms with E-state index >= 15 is 0 Å². The molecule has 0 amide bonds. The first kappa shape index (κ1) is 51.6. The molecule has 0 saturated carbocycles. The number of aromatic nitrogens is 6. The number of para-hydroxylation sites is 2. The monoisotopic (exact) mass is 931 g/mol. The minimum atomic E-state index is -1.26. The number of rotatable bonds is 11. The van der Waals surface area contributed by atoms with Crippen molar-refractivity contribution in [2.75, 3.05) is 0 Å². The molecule has 0 aliphatic heterocycles. The minimum absolute atomic E-state index is 0. The third-order valence-corrected chi connectivity index (χ3v) is 11.3. The molecular formula is C53H69BN9Y. The Morgan fingerprint density at radius 3 is 1.20 bits per heavy atom. The molecule has 0 atom stereocenters. The van der Waals surface area contributed by atoms with E-state index in [0.717, 1.165) is 51.4 Å². The molecule has 0 saturated heterocycles. The van der Waals surface area contributed by atoms with Crippen LogP contribution >= 0.6 is 0 Å². The van der Waals surface area contributed by atoms with Gasteiger partial charge in [-0.05, 0) is 146 Å². The Labute approximate surface area is 409 Å². The van der Waals surface area contributed by atoms with E-state index in [9.17, 15) is 0 Å². The van der Waals surface area contributed by atoms with E-state index < -0.39 is 7.12 Å². The van der Waals surface area contributed by atoms with Crippen LogP contribution in [0.2, 0.25) is 0 Å². The summed E-state index contributed by atoms with van der Waals surface area (Å²) in [5.41, 5.74) is 22.5. The SMILES string of the molecule is CC(C)c1cccc(C(C)C)c1N=C(Cc1ccccc1)[N-]c1c(C(C)C)cccc1C(C)C.Cc1cc(C)n([BH-](n2nc(C)cc2C)n2nc(C)cc2C)n1.[NH-]c1ccccc1.[Y+3]. The van der Waals surface area contributed by atoms with Gasteiger partial charge in [-0.1, -0.05) is 158 Å². The largest absolute Gasteiger partial charge is 3.00 e. The van der Waals surface area contributed by atoms with Crippen molar-refractivity contribution in [2.45, 2.75) is 127 Å². The van der Waals surface area contributed by atoms with Crippen LogP contribution in [0.5, 0.6) is 0 Å². The summed E-state index contributed by atoms with van der Waals surface area (Å²) in [6.07, 6.45) is 0.703. The Balaban J connectivity index is 0.000000254. The van der Waals surface area contributed by atoms with Gasteiger partial charge in [0, 0.05) is 0 Å². The van der Waals surface area contributed by atoms with Crippen LogP contribution in [0.25, 0.3) is 11.1 Å². The second-order valence-electron chi connectivity index (χ2n) is 18.1. The molecule has 0 aliphatic rings. The molecule has 4 aromatic carbocycles. The van der Waals surface area contributed by atoms with Gasteiger partial charge in [0.25, 0.3) is 0 Å². The molecule has 0 bridgehead atoms. The van der Waals surface area contributed by atoms with Gasteiger partial charge in [0.05, 0.1) is 17.1 Å². The van der Waals surface area contributed by atoms with Gasteiger partial charge in [-0.15, -0.1) is 5.69 Å². The second-order valence-corrected chi connectivity index (χ2v) is 18.1. The van der Waals surface area contributed by atoms with Crippen molar-refractivity contribution in [2.24, 2.45) is 4.99 Å². The number of benzene rings is 4. The van der Waals surface area contributed by atoms with Crippen LogP contribution in [0.1, 0.15) is 141 Å². The summed E-state index contributed by atoms with van der Waals surface area (Å²) in [5.74, 6) is 2.44. The fourth-order valence-electron chi connectivity index (χ4n) is 8.12. The summed E-state index contributed by atoms with van der Waals surface area (Å²) in [7, 11) is -1.26. The zero-order valence-corrected chi connectivity index (χ0v) is 43.7. The van der Waals surface area contributed by atoms with E-state index in [2.05, 4.69) is 175 Å². The van der Waals surface area contributed by atoms with Crippen LogP contribution in [0.4, 0.5) is 17.1 Å². The van der Waals surface area contributed by atoms with Gasteiger partial charge in [-0.3, -0.25) is 0 Å². The van der Waals surface area contributed by atoms with Gasteiger partial charge < -0.3 is 29.8 Å². The standard InChI is InChI=1S/C32H41N2.C15H22BN6.C6H6N.Y/c1-21(2)26-16-12-17-27(22(3)4)31(26)33-30(20-25-14-10-9-11-15-25)34-32-28(23(5)6)18-13-19-29(32)24(7)8;1-10-7-13(4)20(17-10)16(21-14(5)8-11(2)18-21)22-15(6)9-12(3)19-22;7-6-4-2-1-3-5-6;/h9-19,21-24H,20H2,1-8H3;7-9,16H,1-6H3;1-5,7H;/q3*-1;+3. The summed E-state index contributed by atoms with van der Waals surface area (Å²) >= 11 is 0. The van der Waals surface area contributed by atoms with Crippen LogP contribution < -0.4 is 0 Å². The number of aryl methyl sites for hydroxylation is 6. The van der Waals surface area contributed by atoms with E-state index in [0.29, 0.717) is 35.8 Å². The van der Waals surface area contributed by atoms with Gasteiger partial charge in [0.15, 0.2) is 0 Å². The fourth-order valence-corrected chi connectivity index (χ4v) is 8.12. The predicted octanol–water partition coefficient (Wildman–Crippen LogP) is 14.3. The van der Waals surface area contributed by atoms with Gasteiger partial charge >= 0.3 is 39.8 Å². The molecule has 332 valence electrons. The molecule has 9 nitrogen and oxygen atoms in total. The molecule has 0 aliphatic carbocycles. The number of nitrogens with one attached hydrogen (secondary N) is 1. The minimum Gasteiger partial charge on any atom is -0.699 e. The maximum Gasteiger partial charge on any atom is 3.00 e. The number of hydrogen-bond donors (Lipinski definition) is 0. The molecule has 3 aromatic heterocycles. The Hall–Kier alpha value is -5.05. The van der Waals surface area contributed by atoms with Crippen molar-refractivity contribution in [3.05, 3.63) is 188 Å². The molecule has 7 aromatic rings. The molecule has 7 rings (SSSR count). The number of hydrogen-bond acceptors (Lipinski definition) is 4. The van der Waals surface area contributed by atoms with Crippen LogP contribution in [-0.2, 0) is 39.1 Å². The van der Waals surface area contributed by atoms with E-state index in [1.165, 1.54) is 27.8 Å². The molecule has 0 unspecified atom stereocenters. The molecule has 11 heteroatoms. The van der Waals surface area contributed by atoms with Crippen LogP contribution in [0.15, 0.2) is 120 Å². The maximum atomic E-state index is 7.00. The molecular weight excluding hydrogens is 862 g/mol. The van der Waals surface area contributed by atoms with E-state index in [1.54, 1.807) is 12.1 Å². The zero-order valence-electron chi connectivity index (χ0n) is 40.8. The smallest absolute Gasteiger partial charge is 0.699 e. The van der Waals surface area contributed by atoms with Crippen molar-refractivity contribution in [3.8, 4) is 0 Å². The zero-order chi connectivity index (χ0) is 46.0. The Morgan fingerprint density at radius 1 is 0.531 bits per heavy atom. The summed E-state index contributed by atoms with van der Waals surface area (Å²) in [6, 6.07) is 39.2. The van der Waals surface area contributed by atoms with Gasteiger partial charge in [0.2, 0.25) is 0 Å². The van der Waals surface area contributed by atoms with Crippen LogP contribution in [0, 0.1) is 41.5 Å². The van der Waals surface area contributed by atoms with E-state index in [1.807, 2.05) is 39.0 Å². The van der Waals surface area contributed by atoms with Crippen molar-refractivity contribution in [3.63, 3.8) is 0 Å². The Morgan fingerprint density at radius 2 is 0.891 bits per heavy atom. The molecule has 0 spiro atoms. The van der Waals surface area contributed by atoms with Gasteiger partial charge in [-0.2, -0.15) is 0 Å². The molecule has 0 fully saturated rings. The van der Waals surface area contributed by atoms with Gasteiger partial charge in [-0.25, -0.2) is 15.3 Å². The predicted molar refractivity (Wildman–Crippen MR) is 268 cm³/mol. The van der Waals surface area contributed by atoms with Crippen LogP contribution in [-0.4, -0.2) is 42.0 Å². The van der Waals surface area contributed by atoms with Gasteiger partial charge in [0.1, 0.15) is 0 Å².